The number of ether oxygens (including phenoxy) is 1. The summed E-state index contributed by atoms with van der Waals surface area (Å²) in [6.45, 7) is 1.96. The van der Waals surface area contributed by atoms with Crippen LogP contribution in [0.3, 0.4) is 0 Å². The van der Waals surface area contributed by atoms with Gasteiger partial charge in [-0.1, -0.05) is 67.6 Å². The van der Waals surface area contributed by atoms with Crippen molar-refractivity contribution < 1.29 is 9.53 Å². The van der Waals surface area contributed by atoms with Gasteiger partial charge in [-0.15, -0.1) is 0 Å². The molecule has 1 aliphatic heterocycles. The lowest BCUT2D eigenvalue weighted by molar-refractivity contribution is -0.146. The molecule has 3 atom stereocenters. The predicted molar refractivity (Wildman–Crippen MR) is 78.2 cm³/mol. The van der Waals surface area contributed by atoms with Gasteiger partial charge in [0.05, 0.1) is 12.2 Å². The zero-order valence-corrected chi connectivity index (χ0v) is 11.5. The standard InChI is InChI=1S/C18H18O2/c1-13-16(19)12-17(14-8-4-2-5-9-14)20-18(13)15-10-6-3-7-11-15/h2-11,13,17-18H,12H2,1H3/t13-,17+,18+/m1/s1. The van der Waals surface area contributed by atoms with Gasteiger partial charge in [-0.05, 0) is 11.1 Å². The van der Waals surface area contributed by atoms with Crippen molar-refractivity contribution in [3.63, 3.8) is 0 Å². The van der Waals surface area contributed by atoms with Crippen LogP contribution in [0.4, 0.5) is 0 Å². The van der Waals surface area contributed by atoms with Gasteiger partial charge >= 0.3 is 0 Å². The van der Waals surface area contributed by atoms with E-state index in [0.29, 0.717) is 6.42 Å². The Hall–Kier alpha value is -1.93. The monoisotopic (exact) mass is 266 g/mol. The minimum Gasteiger partial charge on any atom is -0.364 e. The smallest absolute Gasteiger partial charge is 0.141 e. The van der Waals surface area contributed by atoms with Crippen LogP contribution in [-0.2, 0) is 9.53 Å². The van der Waals surface area contributed by atoms with Crippen LogP contribution in [-0.4, -0.2) is 5.78 Å². The van der Waals surface area contributed by atoms with Crippen LogP contribution in [0.5, 0.6) is 0 Å². The number of hydrogen-bond donors (Lipinski definition) is 0. The van der Waals surface area contributed by atoms with E-state index in [4.69, 9.17) is 4.74 Å². The molecule has 1 saturated heterocycles. The van der Waals surface area contributed by atoms with Gasteiger partial charge in [0.15, 0.2) is 0 Å². The number of Topliss-reactive ketones (excluding diaryl/α,β-unsaturated/α-hetero) is 1. The van der Waals surface area contributed by atoms with Crippen molar-refractivity contribution >= 4 is 5.78 Å². The van der Waals surface area contributed by atoms with Gasteiger partial charge < -0.3 is 4.74 Å². The zero-order valence-electron chi connectivity index (χ0n) is 11.5. The maximum atomic E-state index is 12.3. The van der Waals surface area contributed by atoms with E-state index in [1.54, 1.807) is 0 Å². The van der Waals surface area contributed by atoms with Crippen molar-refractivity contribution in [3.8, 4) is 0 Å². The first-order valence-corrected chi connectivity index (χ1v) is 7.04. The molecule has 0 spiro atoms. The third-order valence-electron chi connectivity index (χ3n) is 3.96. The highest BCUT2D eigenvalue weighted by Crippen LogP contribution is 2.40. The van der Waals surface area contributed by atoms with Crippen molar-refractivity contribution in [1.82, 2.24) is 0 Å². The highest BCUT2D eigenvalue weighted by atomic mass is 16.5. The molecule has 1 fully saturated rings. The van der Waals surface area contributed by atoms with Crippen LogP contribution in [0.15, 0.2) is 60.7 Å². The van der Waals surface area contributed by atoms with E-state index in [-0.39, 0.29) is 23.9 Å². The first-order valence-electron chi connectivity index (χ1n) is 7.04. The molecule has 0 aliphatic carbocycles. The summed E-state index contributed by atoms with van der Waals surface area (Å²) in [5.74, 6) is 0.191. The van der Waals surface area contributed by atoms with Crippen molar-refractivity contribution in [3.05, 3.63) is 71.8 Å². The topological polar surface area (TPSA) is 26.3 Å². The summed E-state index contributed by atoms with van der Waals surface area (Å²) >= 11 is 0. The van der Waals surface area contributed by atoms with E-state index >= 15 is 0 Å². The van der Waals surface area contributed by atoms with Gasteiger partial charge in [0.2, 0.25) is 0 Å². The second-order valence-corrected chi connectivity index (χ2v) is 5.33. The molecule has 2 nitrogen and oxygen atoms in total. The Morgan fingerprint density at radius 2 is 1.45 bits per heavy atom. The molecular formula is C18H18O2. The van der Waals surface area contributed by atoms with E-state index in [2.05, 4.69) is 0 Å². The summed E-state index contributed by atoms with van der Waals surface area (Å²) < 4.78 is 6.22. The summed E-state index contributed by atoms with van der Waals surface area (Å²) in [4.78, 5) is 12.3. The minimum atomic E-state index is -0.150. The molecule has 3 rings (SSSR count). The van der Waals surface area contributed by atoms with Crippen LogP contribution in [0, 0.1) is 5.92 Å². The fraction of sp³-hybridized carbons (Fsp3) is 0.278. The molecular weight excluding hydrogens is 248 g/mol. The second-order valence-electron chi connectivity index (χ2n) is 5.33. The normalized spacial score (nSPS) is 26.4. The largest absolute Gasteiger partial charge is 0.364 e. The van der Waals surface area contributed by atoms with Crippen LogP contribution in [0.2, 0.25) is 0 Å². The third kappa shape index (κ3) is 2.52. The van der Waals surface area contributed by atoms with Crippen LogP contribution < -0.4 is 0 Å². The number of ketones is 1. The van der Waals surface area contributed by atoms with Gasteiger partial charge in [0, 0.05) is 12.3 Å². The quantitative estimate of drug-likeness (QED) is 0.818. The average molecular weight is 266 g/mol. The molecule has 0 aromatic heterocycles. The lowest BCUT2D eigenvalue weighted by atomic mass is 9.86. The molecule has 1 heterocycles. The van der Waals surface area contributed by atoms with Gasteiger partial charge in [-0.2, -0.15) is 0 Å². The second kappa shape index (κ2) is 5.59. The molecule has 0 amide bonds. The summed E-state index contributed by atoms with van der Waals surface area (Å²) in [6, 6.07) is 20.0. The Labute approximate surface area is 119 Å². The number of benzene rings is 2. The number of carbonyl (C=O) groups excluding carboxylic acids is 1. The number of hydrogen-bond acceptors (Lipinski definition) is 2. The lowest BCUT2D eigenvalue weighted by Gasteiger charge is -2.34. The Kier molecular flexibility index (Phi) is 3.66. The minimum absolute atomic E-state index is 0.0858. The van der Waals surface area contributed by atoms with Crippen molar-refractivity contribution in [1.29, 1.82) is 0 Å². The maximum Gasteiger partial charge on any atom is 0.141 e. The van der Waals surface area contributed by atoms with Crippen LogP contribution in [0.1, 0.15) is 36.7 Å². The predicted octanol–water partition coefficient (Wildman–Crippen LogP) is 4.09. The Balaban J connectivity index is 1.89. The van der Waals surface area contributed by atoms with Crippen molar-refractivity contribution in [2.75, 3.05) is 0 Å². The fourth-order valence-corrected chi connectivity index (χ4v) is 2.75. The van der Waals surface area contributed by atoms with Gasteiger partial charge in [0.25, 0.3) is 0 Å². The third-order valence-corrected chi connectivity index (χ3v) is 3.96. The molecule has 2 aromatic carbocycles. The molecule has 0 unspecified atom stereocenters. The molecule has 2 heteroatoms. The molecule has 2 aromatic rings. The van der Waals surface area contributed by atoms with E-state index in [1.165, 1.54) is 0 Å². The van der Waals surface area contributed by atoms with Crippen molar-refractivity contribution in [2.24, 2.45) is 5.92 Å². The number of carbonyl (C=O) groups is 1. The van der Waals surface area contributed by atoms with E-state index in [1.807, 2.05) is 67.6 Å². The SMILES string of the molecule is C[C@@H]1C(=O)C[C@@H](c2ccccc2)O[C@@H]1c1ccccc1. The molecule has 0 N–H and O–H groups in total. The first-order chi connectivity index (χ1) is 9.75. The molecule has 1 aliphatic rings. The fourth-order valence-electron chi connectivity index (χ4n) is 2.75. The number of rotatable bonds is 2. The summed E-state index contributed by atoms with van der Waals surface area (Å²) in [5.41, 5.74) is 2.16. The highest BCUT2D eigenvalue weighted by Gasteiger charge is 2.35. The van der Waals surface area contributed by atoms with Crippen LogP contribution >= 0.6 is 0 Å². The van der Waals surface area contributed by atoms with Gasteiger partial charge in [-0.25, -0.2) is 0 Å². The Morgan fingerprint density at radius 1 is 0.900 bits per heavy atom. The molecule has 0 bridgehead atoms. The molecule has 0 saturated carbocycles. The van der Waals surface area contributed by atoms with E-state index in [0.717, 1.165) is 11.1 Å². The van der Waals surface area contributed by atoms with Gasteiger partial charge in [0.1, 0.15) is 5.78 Å². The van der Waals surface area contributed by atoms with Gasteiger partial charge in [-0.3, -0.25) is 4.79 Å². The maximum absolute atomic E-state index is 12.3. The molecule has 102 valence electrons. The highest BCUT2D eigenvalue weighted by molar-refractivity contribution is 5.82. The van der Waals surface area contributed by atoms with Crippen molar-refractivity contribution in [2.45, 2.75) is 25.6 Å². The average Bonchev–Trinajstić information content (AvgIpc) is 2.51. The lowest BCUT2D eigenvalue weighted by Crippen LogP contribution is -2.31. The van der Waals surface area contributed by atoms with E-state index in [9.17, 15) is 4.79 Å². The Bertz CT molecular complexity index is 577. The molecule has 0 radical (unpaired) electrons. The van der Waals surface area contributed by atoms with Crippen LogP contribution in [0.25, 0.3) is 0 Å². The molecule has 20 heavy (non-hydrogen) atoms. The summed E-state index contributed by atoms with van der Waals surface area (Å²) in [5, 5.41) is 0. The first kappa shape index (κ1) is 13.1. The summed E-state index contributed by atoms with van der Waals surface area (Å²) in [6.07, 6.45) is 0.182. The zero-order chi connectivity index (χ0) is 13.9. The van der Waals surface area contributed by atoms with E-state index < -0.39 is 0 Å². The summed E-state index contributed by atoms with van der Waals surface area (Å²) in [7, 11) is 0. The Morgan fingerprint density at radius 3 is 2.05 bits per heavy atom.